The molecule has 2 rings (SSSR count). The van der Waals surface area contributed by atoms with Crippen LogP contribution in [-0.4, -0.2) is 62.2 Å². The van der Waals surface area contributed by atoms with Gasteiger partial charge in [-0.15, -0.1) is 0 Å². The third-order valence-corrected chi connectivity index (χ3v) is 5.74. The van der Waals surface area contributed by atoms with E-state index in [1.54, 1.807) is 6.92 Å². The molecule has 7 nitrogen and oxygen atoms in total. The Balaban J connectivity index is 2.10. The van der Waals surface area contributed by atoms with Gasteiger partial charge in [0.25, 0.3) is 10.2 Å². The Morgan fingerprint density at radius 2 is 1.83 bits per heavy atom. The minimum Gasteiger partial charge on any atom is -0.369 e. The van der Waals surface area contributed by atoms with E-state index >= 15 is 0 Å². The van der Waals surface area contributed by atoms with Crippen LogP contribution in [-0.2, 0) is 15.0 Å². The number of piperazine rings is 1. The summed E-state index contributed by atoms with van der Waals surface area (Å²) >= 11 is 0. The Hall–Kier alpha value is -0.700. The van der Waals surface area contributed by atoms with Crippen LogP contribution in [0.4, 0.5) is 0 Å². The Kier molecular flexibility index (Phi) is 3.63. The average Bonchev–Trinajstić information content (AvgIpc) is 2.75. The maximum atomic E-state index is 12.4. The van der Waals surface area contributed by atoms with Crippen molar-refractivity contribution in [3.8, 4) is 0 Å². The first-order chi connectivity index (χ1) is 8.36. The van der Waals surface area contributed by atoms with Gasteiger partial charge in [0.2, 0.25) is 5.91 Å². The van der Waals surface area contributed by atoms with Gasteiger partial charge in [-0.3, -0.25) is 4.79 Å². The predicted molar refractivity (Wildman–Crippen MR) is 66.9 cm³/mol. The monoisotopic (exact) mass is 276 g/mol. The van der Waals surface area contributed by atoms with Gasteiger partial charge in [0, 0.05) is 39.3 Å². The number of carbonyl (C=O) groups excluding carboxylic acids is 1. The lowest BCUT2D eigenvalue weighted by Gasteiger charge is -2.31. The number of nitrogens with zero attached hydrogens (tertiary/aromatic N) is 2. The molecule has 104 valence electrons. The van der Waals surface area contributed by atoms with Crippen molar-refractivity contribution in [3.05, 3.63) is 0 Å². The number of nitrogens with one attached hydrogen (secondary N) is 1. The molecule has 0 aromatic rings. The molecule has 2 saturated heterocycles. The van der Waals surface area contributed by atoms with Gasteiger partial charge in [0.15, 0.2) is 0 Å². The predicted octanol–water partition coefficient (Wildman–Crippen LogP) is -1.67. The van der Waals surface area contributed by atoms with Crippen LogP contribution in [0, 0.1) is 5.41 Å². The van der Waals surface area contributed by atoms with Gasteiger partial charge in [-0.25, -0.2) is 0 Å². The molecule has 0 bridgehead atoms. The van der Waals surface area contributed by atoms with Gasteiger partial charge in [-0.1, -0.05) is 0 Å². The maximum Gasteiger partial charge on any atom is 0.282 e. The van der Waals surface area contributed by atoms with E-state index in [0.29, 0.717) is 39.1 Å². The number of primary amides is 1. The molecule has 0 radical (unpaired) electrons. The average molecular weight is 276 g/mol. The third kappa shape index (κ3) is 2.37. The second-order valence-electron chi connectivity index (χ2n) is 5.17. The van der Waals surface area contributed by atoms with Crippen LogP contribution in [0.25, 0.3) is 0 Å². The van der Waals surface area contributed by atoms with Crippen LogP contribution in [0.1, 0.15) is 13.3 Å². The Bertz CT molecular complexity index is 432. The maximum absolute atomic E-state index is 12.4. The number of hydrogen-bond donors (Lipinski definition) is 2. The van der Waals surface area contributed by atoms with Crippen LogP contribution in [0.5, 0.6) is 0 Å². The molecular weight excluding hydrogens is 256 g/mol. The third-order valence-electron chi connectivity index (χ3n) is 3.76. The molecule has 0 spiro atoms. The lowest BCUT2D eigenvalue weighted by Crippen LogP contribution is -2.51. The fourth-order valence-electron chi connectivity index (χ4n) is 2.36. The quantitative estimate of drug-likeness (QED) is 0.644. The molecule has 0 saturated carbocycles. The van der Waals surface area contributed by atoms with Crippen molar-refractivity contribution in [2.24, 2.45) is 11.1 Å². The van der Waals surface area contributed by atoms with E-state index in [9.17, 15) is 13.2 Å². The van der Waals surface area contributed by atoms with Crippen molar-refractivity contribution < 1.29 is 13.2 Å². The SMILES string of the molecule is CC1(C(N)=O)CCN(S(=O)(=O)N2CCNCC2)C1. The Labute approximate surface area is 107 Å². The van der Waals surface area contributed by atoms with Crippen LogP contribution in [0.2, 0.25) is 0 Å². The number of amides is 1. The Morgan fingerprint density at radius 3 is 2.33 bits per heavy atom. The van der Waals surface area contributed by atoms with E-state index < -0.39 is 21.5 Å². The summed E-state index contributed by atoms with van der Waals surface area (Å²) in [7, 11) is -3.45. The molecule has 0 aromatic carbocycles. The molecule has 0 aliphatic carbocycles. The number of nitrogens with two attached hydrogens (primary N) is 1. The molecule has 1 amide bonds. The van der Waals surface area contributed by atoms with Crippen LogP contribution in [0.3, 0.4) is 0 Å². The molecule has 2 aliphatic rings. The summed E-state index contributed by atoms with van der Waals surface area (Å²) in [5.74, 6) is -0.430. The molecule has 1 atom stereocenters. The summed E-state index contributed by atoms with van der Waals surface area (Å²) in [5.41, 5.74) is 4.60. The standard InChI is InChI=1S/C10H20N4O3S/c1-10(9(11)15)2-5-14(8-10)18(16,17)13-6-3-12-4-7-13/h12H,2-8H2,1H3,(H2,11,15). The summed E-state index contributed by atoms with van der Waals surface area (Å²) in [6.45, 7) is 4.57. The molecule has 2 fully saturated rings. The first kappa shape index (κ1) is 13.7. The highest BCUT2D eigenvalue weighted by atomic mass is 32.2. The van der Waals surface area contributed by atoms with Crippen molar-refractivity contribution in [2.75, 3.05) is 39.3 Å². The van der Waals surface area contributed by atoms with Gasteiger partial charge < -0.3 is 11.1 Å². The van der Waals surface area contributed by atoms with Crippen molar-refractivity contribution in [2.45, 2.75) is 13.3 Å². The zero-order valence-electron chi connectivity index (χ0n) is 10.6. The van der Waals surface area contributed by atoms with E-state index in [1.807, 2.05) is 0 Å². The van der Waals surface area contributed by atoms with Gasteiger partial charge in [0.05, 0.1) is 5.41 Å². The summed E-state index contributed by atoms with van der Waals surface area (Å²) in [6, 6.07) is 0. The molecule has 0 aromatic heterocycles. The number of rotatable bonds is 3. The van der Waals surface area contributed by atoms with Gasteiger partial charge in [-0.05, 0) is 13.3 Å². The summed E-state index contributed by atoms with van der Waals surface area (Å²) < 4.78 is 27.6. The first-order valence-electron chi connectivity index (χ1n) is 6.12. The molecule has 3 N–H and O–H groups in total. The highest BCUT2D eigenvalue weighted by Gasteiger charge is 2.44. The van der Waals surface area contributed by atoms with Gasteiger partial charge in [-0.2, -0.15) is 17.0 Å². The first-order valence-corrected chi connectivity index (χ1v) is 7.52. The molecule has 2 aliphatic heterocycles. The molecule has 1 unspecified atom stereocenters. The Morgan fingerprint density at radius 1 is 1.22 bits per heavy atom. The van der Waals surface area contributed by atoms with E-state index in [1.165, 1.54) is 8.61 Å². The fraction of sp³-hybridized carbons (Fsp3) is 0.900. The summed E-state index contributed by atoms with van der Waals surface area (Å²) in [5, 5.41) is 3.11. The van der Waals surface area contributed by atoms with Crippen LogP contribution >= 0.6 is 0 Å². The minimum atomic E-state index is -3.45. The molecular formula is C10H20N4O3S. The summed E-state index contributed by atoms with van der Waals surface area (Å²) in [6.07, 6.45) is 0.494. The second-order valence-corrected chi connectivity index (χ2v) is 7.09. The van der Waals surface area contributed by atoms with Gasteiger partial charge >= 0.3 is 0 Å². The van der Waals surface area contributed by atoms with Crippen molar-refractivity contribution >= 4 is 16.1 Å². The van der Waals surface area contributed by atoms with E-state index in [4.69, 9.17) is 5.73 Å². The largest absolute Gasteiger partial charge is 0.369 e. The number of carbonyl (C=O) groups is 1. The highest BCUT2D eigenvalue weighted by Crippen LogP contribution is 2.32. The summed E-state index contributed by atoms with van der Waals surface area (Å²) in [4.78, 5) is 11.3. The highest BCUT2D eigenvalue weighted by molar-refractivity contribution is 7.86. The second kappa shape index (κ2) is 4.76. The topological polar surface area (TPSA) is 95.7 Å². The minimum absolute atomic E-state index is 0.189. The van der Waals surface area contributed by atoms with Crippen molar-refractivity contribution in [1.82, 2.24) is 13.9 Å². The van der Waals surface area contributed by atoms with Crippen LogP contribution in [0.15, 0.2) is 0 Å². The smallest absolute Gasteiger partial charge is 0.282 e. The molecule has 2 heterocycles. The molecule has 8 heteroatoms. The normalized spacial score (nSPS) is 31.6. The van der Waals surface area contributed by atoms with Gasteiger partial charge in [0.1, 0.15) is 0 Å². The fourth-order valence-corrected chi connectivity index (χ4v) is 4.10. The van der Waals surface area contributed by atoms with E-state index in [2.05, 4.69) is 5.32 Å². The van der Waals surface area contributed by atoms with E-state index in [-0.39, 0.29) is 6.54 Å². The molecule has 18 heavy (non-hydrogen) atoms. The van der Waals surface area contributed by atoms with E-state index in [0.717, 1.165) is 0 Å². The van der Waals surface area contributed by atoms with Crippen LogP contribution < -0.4 is 11.1 Å². The van der Waals surface area contributed by atoms with Crippen molar-refractivity contribution in [1.29, 1.82) is 0 Å². The lowest BCUT2D eigenvalue weighted by molar-refractivity contribution is -0.126. The van der Waals surface area contributed by atoms with Crippen molar-refractivity contribution in [3.63, 3.8) is 0 Å². The zero-order valence-corrected chi connectivity index (χ0v) is 11.4. The zero-order chi connectivity index (χ0) is 13.4. The lowest BCUT2D eigenvalue weighted by atomic mass is 9.89. The number of hydrogen-bond acceptors (Lipinski definition) is 4.